The predicted molar refractivity (Wildman–Crippen MR) is 96.3 cm³/mol. The molecule has 1 aliphatic carbocycles. The maximum Gasteiger partial charge on any atom is 0.123 e. The molecule has 0 fully saturated rings. The number of hydrogen-bond donors (Lipinski definition) is 1. The number of aryl methyl sites for hydroxylation is 1. The average molecular weight is 317 g/mol. The lowest BCUT2D eigenvalue weighted by Crippen LogP contribution is -2.22. The Hall–Kier alpha value is -2.81. The van der Waals surface area contributed by atoms with Gasteiger partial charge in [-0.25, -0.2) is 0 Å². The first-order valence-corrected chi connectivity index (χ1v) is 8.17. The van der Waals surface area contributed by atoms with E-state index in [1.54, 1.807) is 7.11 Å². The van der Waals surface area contributed by atoms with Crippen LogP contribution in [0.5, 0.6) is 5.75 Å². The third-order valence-corrected chi connectivity index (χ3v) is 4.92. The van der Waals surface area contributed by atoms with Crippen LogP contribution < -0.4 is 4.74 Å². The number of methoxy groups -OCH3 is 1. The van der Waals surface area contributed by atoms with E-state index in [4.69, 9.17) is 4.74 Å². The molecule has 0 saturated carbocycles. The second kappa shape index (κ2) is 6.00. The first-order valence-electron chi connectivity index (χ1n) is 8.17. The molecule has 0 heterocycles. The maximum atomic E-state index is 9.63. The molecule has 1 N–H and O–H groups in total. The Morgan fingerprint density at radius 2 is 1.75 bits per heavy atom. The molecule has 120 valence electrons. The molecule has 0 aliphatic heterocycles. The molecule has 3 heteroatoms. The number of nitrogens with zero attached hydrogens (tertiary/aromatic N) is 1. The van der Waals surface area contributed by atoms with Gasteiger partial charge in [0.1, 0.15) is 5.75 Å². The zero-order chi connectivity index (χ0) is 16.5. The van der Waals surface area contributed by atoms with Crippen LogP contribution in [0.4, 0.5) is 0 Å². The van der Waals surface area contributed by atoms with Gasteiger partial charge in [-0.15, -0.1) is 0 Å². The molecule has 1 aliphatic rings. The van der Waals surface area contributed by atoms with E-state index >= 15 is 0 Å². The van der Waals surface area contributed by atoms with E-state index in [-0.39, 0.29) is 5.92 Å². The van der Waals surface area contributed by atoms with Crippen molar-refractivity contribution in [2.24, 2.45) is 5.16 Å². The predicted octanol–water partition coefficient (Wildman–Crippen LogP) is 4.76. The molecule has 0 spiro atoms. The van der Waals surface area contributed by atoms with Crippen LogP contribution in [0.1, 0.15) is 29.0 Å². The Balaban J connectivity index is 2.05. The second-order valence-corrected chi connectivity index (χ2v) is 6.13. The summed E-state index contributed by atoms with van der Waals surface area (Å²) in [5.74, 6) is 0.748. The third-order valence-electron chi connectivity index (χ3n) is 4.92. The van der Waals surface area contributed by atoms with Crippen LogP contribution in [-0.2, 0) is 6.42 Å². The van der Waals surface area contributed by atoms with Gasteiger partial charge in [0.25, 0.3) is 0 Å². The second-order valence-electron chi connectivity index (χ2n) is 6.13. The van der Waals surface area contributed by atoms with Gasteiger partial charge in [-0.2, -0.15) is 0 Å². The van der Waals surface area contributed by atoms with Crippen molar-refractivity contribution in [1.29, 1.82) is 0 Å². The Morgan fingerprint density at radius 3 is 2.58 bits per heavy atom. The molecular formula is C21H19NO2. The van der Waals surface area contributed by atoms with Gasteiger partial charge in [-0.1, -0.05) is 59.8 Å². The summed E-state index contributed by atoms with van der Waals surface area (Å²) in [7, 11) is 1.69. The van der Waals surface area contributed by atoms with E-state index in [2.05, 4.69) is 41.6 Å². The fraction of sp³-hybridized carbons (Fsp3) is 0.190. The van der Waals surface area contributed by atoms with Gasteiger partial charge in [0.05, 0.1) is 18.7 Å². The van der Waals surface area contributed by atoms with Crippen LogP contribution in [0.2, 0.25) is 0 Å². The van der Waals surface area contributed by atoms with Crippen LogP contribution in [0.25, 0.3) is 10.8 Å². The minimum Gasteiger partial charge on any atom is -0.496 e. The molecule has 0 bridgehead atoms. The minimum absolute atomic E-state index is 0.0824. The third kappa shape index (κ3) is 2.24. The summed E-state index contributed by atoms with van der Waals surface area (Å²) in [5, 5.41) is 15.6. The fourth-order valence-corrected chi connectivity index (χ4v) is 3.81. The number of hydrogen-bond acceptors (Lipinski definition) is 3. The normalized spacial score (nSPS) is 18.5. The topological polar surface area (TPSA) is 41.8 Å². The number of rotatable bonds is 2. The standard InChI is InChI=1S/C21H19NO2/c1-24-19-13-11-15-7-3-5-9-17(15)21(19)20-16-8-4-2-6-14(16)10-12-18(20)22-23/h2-9,11,13,20,23H,10,12H2,1H3. The highest BCUT2D eigenvalue weighted by atomic mass is 16.5. The Labute approximate surface area is 141 Å². The summed E-state index contributed by atoms with van der Waals surface area (Å²) in [4.78, 5) is 0. The Morgan fingerprint density at radius 1 is 0.958 bits per heavy atom. The molecule has 3 aromatic carbocycles. The summed E-state index contributed by atoms with van der Waals surface area (Å²) in [6.45, 7) is 0. The molecule has 3 nitrogen and oxygen atoms in total. The van der Waals surface area contributed by atoms with Gasteiger partial charge >= 0.3 is 0 Å². The maximum absolute atomic E-state index is 9.63. The highest BCUT2D eigenvalue weighted by Crippen LogP contribution is 2.42. The summed E-state index contributed by atoms with van der Waals surface area (Å²) < 4.78 is 5.68. The van der Waals surface area contributed by atoms with E-state index in [0.717, 1.165) is 40.6 Å². The van der Waals surface area contributed by atoms with E-state index in [1.807, 2.05) is 24.3 Å². The first kappa shape index (κ1) is 14.8. The summed E-state index contributed by atoms with van der Waals surface area (Å²) in [5.41, 5.74) is 4.38. The lowest BCUT2D eigenvalue weighted by Gasteiger charge is -2.29. The van der Waals surface area contributed by atoms with Crippen molar-refractivity contribution in [3.63, 3.8) is 0 Å². The van der Waals surface area contributed by atoms with Crippen molar-refractivity contribution >= 4 is 16.5 Å². The van der Waals surface area contributed by atoms with E-state index < -0.39 is 0 Å². The molecule has 0 aromatic heterocycles. The smallest absolute Gasteiger partial charge is 0.123 e. The fourth-order valence-electron chi connectivity index (χ4n) is 3.81. The lowest BCUT2D eigenvalue weighted by atomic mass is 9.76. The van der Waals surface area contributed by atoms with E-state index in [9.17, 15) is 5.21 Å². The van der Waals surface area contributed by atoms with Crippen LogP contribution in [0, 0.1) is 0 Å². The van der Waals surface area contributed by atoms with Crippen LogP contribution in [-0.4, -0.2) is 18.0 Å². The van der Waals surface area contributed by atoms with Gasteiger partial charge in [0.15, 0.2) is 0 Å². The van der Waals surface area contributed by atoms with Crippen molar-refractivity contribution in [2.45, 2.75) is 18.8 Å². The van der Waals surface area contributed by atoms with E-state index in [0.29, 0.717) is 0 Å². The zero-order valence-corrected chi connectivity index (χ0v) is 13.6. The number of benzene rings is 3. The lowest BCUT2D eigenvalue weighted by molar-refractivity contribution is 0.315. The van der Waals surface area contributed by atoms with Crippen molar-refractivity contribution in [2.75, 3.05) is 7.11 Å². The average Bonchev–Trinajstić information content (AvgIpc) is 2.66. The Bertz CT molecular complexity index is 930. The number of ether oxygens (including phenoxy) is 1. The Kier molecular flexibility index (Phi) is 3.69. The summed E-state index contributed by atoms with van der Waals surface area (Å²) in [6.07, 6.45) is 1.66. The van der Waals surface area contributed by atoms with Crippen LogP contribution in [0.3, 0.4) is 0 Å². The molecule has 0 amide bonds. The molecule has 0 saturated heterocycles. The molecule has 0 radical (unpaired) electrons. The molecule has 3 aromatic rings. The van der Waals surface area contributed by atoms with Gasteiger partial charge in [-0.3, -0.25) is 0 Å². The molecular weight excluding hydrogens is 298 g/mol. The summed E-state index contributed by atoms with van der Waals surface area (Å²) >= 11 is 0. The van der Waals surface area contributed by atoms with Crippen LogP contribution >= 0.6 is 0 Å². The SMILES string of the molecule is COc1ccc2ccccc2c1C1C(=NO)CCc2ccccc21. The highest BCUT2D eigenvalue weighted by molar-refractivity contribution is 6.01. The van der Waals surface area contributed by atoms with Crippen molar-refractivity contribution in [3.05, 3.63) is 77.4 Å². The molecule has 4 rings (SSSR count). The van der Waals surface area contributed by atoms with Crippen molar-refractivity contribution in [1.82, 2.24) is 0 Å². The van der Waals surface area contributed by atoms with Crippen molar-refractivity contribution < 1.29 is 9.94 Å². The van der Waals surface area contributed by atoms with Crippen molar-refractivity contribution in [3.8, 4) is 5.75 Å². The van der Waals surface area contributed by atoms with Crippen LogP contribution in [0.15, 0.2) is 65.8 Å². The molecule has 1 unspecified atom stereocenters. The van der Waals surface area contributed by atoms with Gasteiger partial charge in [0.2, 0.25) is 0 Å². The zero-order valence-electron chi connectivity index (χ0n) is 13.6. The molecule has 24 heavy (non-hydrogen) atoms. The van der Waals surface area contributed by atoms with Gasteiger partial charge in [0, 0.05) is 5.56 Å². The minimum atomic E-state index is -0.0824. The quantitative estimate of drug-likeness (QED) is 0.547. The van der Waals surface area contributed by atoms with E-state index in [1.165, 1.54) is 11.1 Å². The first-order chi connectivity index (χ1) is 11.8. The monoisotopic (exact) mass is 317 g/mol. The van der Waals surface area contributed by atoms with Gasteiger partial charge in [-0.05, 0) is 40.8 Å². The number of oxime groups is 1. The highest BCUT2D eigenvalue weighted by Gasteiger charge is 2.31. The largest absolute Gasteiger partial charge is 0.496 e. The summed E-state index contributed by atoms with van der Waals surface area (Å²) in [6, 6.07) is 20.8. The van der Waals surface area contributed by atoms with Gasteiger partial charge < -0.3 is 9.94 Å². The number of fused-ring (bicyclic) bond motifs is 2. The molecule has 1 atom stereocenters.